The Kier molecular flexibility index (Phi) is 3.34. The lowest BCUT2D eigenvalue weighted by atomic mass is 10.1. The van der Waals surface area contributed by atoms with Crippen LogP contribution in [0.5, 0.6) is 5.75 Å². The van der Waals surface area contributed by atoms with E-state index in [1.165, 1.54) is 0 Å². The van der Waals surface area contributed by atoms with E-state index in [4.69, 9.17) is 0 Å². The number of hydrogen-bond donors (Lipinski definition) is 2. The second kappa shape index (κ2) is 4.74. The highest BCUT2D eigenvalue weighted by atomic mass is 16.3. The van der Waals surface area contributed by atoms with Gasteiger partial charge in [0.2, 0.25) is 0 Å². The maximum Gasteiger partial charge on any atom is 0.115 e. The Hall–Kier alpha value is -1.22. The van der Waals surface area contributed by atoms with Crippen molar-refractivity contribution in [3.8, 4) is 5.75 Å². The first-order valence-corrected chi connectivity index (χ1v) is 5.85. The summed E-state index contributed by atoms with van der Waals surface area (Å²) >= 11 is 0. The van der Waals surface area contributed by atoms with E-state index < -0.39 is 0 Å². The van der Waals surface area contributed by atoms with E-state index in [1.54, 1.807) is 12.1 Å². The lowest BCUT2D eigenvalue weighted by Gasteiger charge is -2.25. The molecule has 16 heavy (non-hydrogen) atoms. The number of nitrogens with zero attached hydrogens (tertiary/aromatic N) is 1. The van der Waals surface area contributed by atoms with Crippen LogP contribution in [0.25, 0.3) is 0 Å². The second-order valence-electron chi connectivity index (χ2n) is 4.66. The Morgan fingerprint density at radius 1 is 1.25 bits per heavy atom. The average molecular weight is 221 g/mol. The molecule has 0 spiro atoms. The predicted molar refractivity (Wildman–Crippen MR) is 64.7 cm³/mol. The molecule has 0 amide bonds. The van der Waals surface area contributed by atoms with Gasteiger partial charge in [0.05, 0.1) is 6.10 Å². The van der Waals surface area contributed by atoms with Crippen LogP contribution in [0.2, 0.25) is 0 Å². The van der Waals surface area contributed by atoms with Crippen molar-refractivity contribution >= 4 is 5.69 Å². The zero-order valence-electron chi connectivity index (χ0n) is 9.63. The number of anilines is 1. The van der Waals surface area contributed by atoms with Crippen molar-refractivity contribution < 1.29 is 10.2 Å². The molecule has 0 radical (unpaired) electrons. The third-order valence-corrected chi connectivity index (χ3v) is 3.42. The summed E-state index contributed by atoms with van der Waals surface area (Å²) in [6, 6.07) is 7.18. The van der Waals surface area contributed by atoms with E-state index in [-0.39, 0.29) is 11.9 Å². The first-order chi connectivity index (χ1) is 7.66. The average Bonchev–Trinajstić information content (AvgIpc) is 2.65. The summed E-state index contributed by atoms with van der Waals surface area (Å²) in [5, 5.41) is 19.0. The van der Waals surface area contributed by atoms with Gasteiger partial charge in [-0.25, -0.2) is 0 Å². The molecule has 1 aromatic carbocycles. The largest absolute Gasteiger partial charge is 0.508 e. The van der Waals surface area contributed by atoms with Gasteiger partial charge in [-0.15, -0.1) is 0 Å². The Balaban J connectivity index is 1.97. The van der Waals surface area contributed by atoms with Crippen LogP contribution < -0.4 is 4.90 Å². The van der Waals surface area contributed by atoms with Crippen molar-refractivity contribution in [2.75, 3.05) is 18.5 Å². The van der Waals surface area contributed by atoms with E-state index in [0.717, 1.165) is 31.5 Å². The molecule has 0 saturated heterocycles. The fraction of sp³-hybridized carbons (Fsp3) is 0.538. The Labute approximate surface area is 96.3 Å². The van der Waals surface area contributed by atoms with Gasteiger partial charge < -0.3 is 15.1 Å². The van der Waals surface area contributed by atoms with Crippen molar-refractivity contribution in [1.82, 2.24) is 0 Å². The molecule has 3 nitrogen and oxygen atoms in total. The lowest BCUT2D eigenvalue weighted by molar-refractivity contribution is 0.136. The van der Waals surface area contributed by atoms with Crippen molar-refractivity contribution in [2.24, 2.45) is 5.92 Å². The number of rotatable bonds is 3. The molecule has 1 aliphatic rings. The predicted octanol–water partition coefficient (Wildman–Crippen LogP) is 1.99. The van der Waals surface area contributed by atoms with Crippen LogP contribution in [0.15, 0.2) is 24.3 Å². The van der Waals surface area contributed by atoms with E-state index in [2.05, 4.69) is 4.90 Å². The molecule has 2 atom stereocenters. The number of aromatic hydroxyl groups is 1. The van der Waals surface area contributed by atoms with Crippen molar-refractivity contribution in [3.63, 3.8) is 0 Å². The van der Waals surface area contributed by atoms with Crippen LogP contribution in [0.3, 0.4) is 0 Å². The molecule has 1 aromatic rings. The lowest BCUT2D eigenvalue weighted by Crippen LogP contribution is -2.29. The van der Waals surface area contributed by atoms with Gasteiger partial charge in [-0.2, -0.15) is 0 Å². The molecule has 2 N–H and O–H groups in total. The number of aliphatic hydroxyl groups excluding tert-OH is 1. The maximum atomic E-state index is 9.76. The number of phenols is 1. The van der Waals surface area contributed by atoms with Crippen LogP contribution in [-0.2, 0) is 0 Å². The zero-order valence-corrected chi connectivity index (χ0v) is 9.63. The zero-order chi connectivity index (χ0) is 11.5. The third-order valence-electron chi connectivity index (χ3n) is 3.42. The van der Waals surface area contributed by atoms with Crippen LogP contribution in [0.1, 0.15) is 19.3 Å². The van der Waals surface area contributed by atoms with Crippen molar-refractivity contribution in [1.29, 1.82) is 0 Å². The van der Waals surface area contributed by atoms with Crippen LogP contribution >= 0.6 is 0 Å². The van der Waals surface area contributed by atoms with Gasteiger partial charge in [0, 0.05) is 25.2 Å². The maximum absolute atomic E-state index is 9.76. The SMILES string of the molecule is CN(CC1CCCC1O)c1ccc(O)cc1. The highest BCUT2D eigenvalue weighted by molar-refractivity contribution is 5.48. The monoisotopic (exact) mass is 221 g/mol. The summed E-state index contributed by atoms with van der Waals surface area (Å²) in [6.07, 6.45) is 3.05. The molecule has 1 fully saturated rings. The Morgan fingerprint density at radius 2 is 1.94 bits per heavy atom. The van der Waals surface area contributed by atoms with Crippen molar-refractivity contribution in [2.45, 2.75) is 25.4 Å². The summed E-state index contributed by atoms with van der Waals surface area (Å²) in [7, 11) is 2.03. The molecular formula is C13H19NO2. The number of hydrogen-bond acceptors (Lipinski definition) is 3. The third kappa shape index (κ3) is 2.47. The summed E-state index contributed by atoms with van der Waals surface area (Å²) in [5.41, 5.74) is 1.08. The quantitative estimate of drug-likeness (QED) is 0.820. The van der Waals surface area contributed by atoms with E-state index in [0.29, 0.717) is 5.92 Å². The van der Waals surface area contributed by atoms with Crippen LogP contribution in [0.4, 0.5) is 5.69 Å². The second-order valence-corrected chi connectivity index (χ2v) is 4.66. The molecule has 1 saturated carbocycles. The molecule has 0 heterocycles. The van der Waals surface area contributed by atoms with Crippen molar-refractivity contribution in [3.05, 3.63) is 24.3 Å². The fourth-order valence-electron chi connectivity index (χ4n) is 2.39. The fourth-order valence-corrected chi connectivity index (χ4v) is 2.39. The molecule has 88 valence electrons. The van der Waals surface area contributed by atoms with E-state index in [1.807, 2.05) is 19.2 Å². The Morgan fingerprint density at radius 3 is 2.50 bits per heavy atom. The van der Waals surface area contributed by atoms with Gasteiger partial charge in [-0.1, -0.05) is 6.42 Å². The molecular weight excluding hydrogens is 202 g/mol. The van der Waals surface area contributed by atoms with Gasteiger partial charge in [0.25, 0.3) is 0 Å². The minimum absolute atomic E-state index is 0.139. The highest BCUT2D eigenvalue weighted by Gasteiger charge is 2.26. The Bertz CT molecular complexity index is 336. The molecule has 2 rings (SSSR count). The summed E-state index contributed by atoms with van der Waals surface area (Å²) in [5.74, 6) is 0.678. The summed E-state index contributed by atoms with van der Waals surface area (Å²) in [4.78, 5) is 2.14. The minimum Gasteiger partial charge on any atom is -0.508 e. The van der Waals surface area contributed by atoms with Crippen LogP contribution in [0, 0.1) is 5.92 Å². The first-order valence-electron chi connectivity index (χ1n) is 5.85. The van der Waals surface area contributed by atoms with E-state index in [9.17, 15) is 10.2 Å². The van der Waals surface area contributed by atoms with E-state index >= 15 is 0 Å². The van der Waals surface area contributed by atoms with Gasteiger partial charge in [0.15, 0.2) is 0 Å². The number of phenolic OH excluding ortho intramolecular Hbond substituents is 1. The molecule has 2 unspecified atom stereocenters. The summed E-state index contributed by atoms with van der Waals surface area (Å²) < 4.78 is 0. The summed E-state index contributed by atoms with van der Waals surface area (Å²) in [6.45, 7) is 0.881. The highest BCUT2D eigenvalue weighted by Crippen LogP contribution is 2.27. The molecule has 1 aliphatic carbocycles. The van der Waals surface area contributed by atoms with Gasteiger partial charge >= 0.3 is 0 Å². The number of benzene rings is 1. The van der Waals surface area contributed by atoms with Gasteiger partial charge in [-0.05, 0) is 37.1 Å². The van der Waals surface area contributed by atoms with Gasteiger partial charge in [0.1, 0.15) is 5.75 Å². The molecule has 0 bridgehead atoms. The minimum atomic E-state index is -0.139. The molecule has 3 heteroatoms. The first kappa shape index (κ1) is 11.3. The van der Waals surface area contributed by atoms with Crippen LogP contribution in [-0.4, -0.2) is 29.9 Å². The normalized spacial score (nSPS) is 24.6. The molecule has 0 aromatic heterocycles. The topological polar surface area (TPSA) is 43.7 Å². The van der Waals surface area contributed by atoms with Gasteiger partial charge in [-0.3, -0.25) is 0 Å². The standard InChI is InChI=1S/C13H19NO2/c1-14(9-10-3-2-4-13(10)16)11-5-7-12(15)8-6-11/h5-8,10,13,15-16H,2-4,9H2,1H3. The smallest absolute Gasteiger partial charge is 0.115 e. The molecule has 0 aliphatic heterocycles. The number of aliphatic hydroxyl groups is 1.